The maximum Gasteiger partial charge on any atom is 0.255 e. The van der Waals surface area contributed by atoms with Gasteiger partial charge in [-0.1, -0.05) is 31.9 Å². The molecule has 2 heterocycles. The van der Waals surface area contributed by atoms with Gasteiger partial charge in [-0.3, -0.25) is 9.78 Å². The molecule has 0 fully saturated rings. The number of aromatic nitrogens is 3. The van der Waals surface area contributed by atoms with Gasteiger partial charge in [-0.05, 0) is 6.92 Å². The van der Waals surface area contributed by atoms with E-state index in [0.29, 0.717) is 21.7 Å². The number of carbonyl (C=O) groups excluding carboxylic acids is 1. The Kier molecular flexibility index (Phi) is 4.01. The molecular weight excluding hydrogens is 364 g/mol. The fourth-order valence-electron chi connectivity index (χ4n) is 1.45. The van der Waals surface area contributed by atoms with Crippen molar-refractivity contribution in [2.75, 3.05) is 10.7 Å². The van der Waals surface area contributed by atoms with Gasteiger partial charge in [-0.25, -0.2) is 4.52 Å². The van der Waals surface area contributed by atoms with Gasteiger partial charge in [-0.2, -0.15) is 5.10 Å². The molecule has 2 rings (SSSR count). The summed E-state index contributed by atoms with van der Waals surface area (Å²) in [5.74, 6) is -0.153. The fourth-order valence-corrected chi connectivity index (χ4v) is 2.66. The molecule has 0 aromatic carbocycles. The zero-order chi connectivity index (χ0) is 13.2. The number of nitrogens with one attached hydrogen (secondary N) is 1. The van der Waals surface area contributed by atoms with E-state index < -0.39 is 0 Å². The molecule has 5 nitrogen and oxygen atoms in total. The van der Waals surface area contributed by atoms with Crippen molar-refractivity contribution in [2.24, 2.45) is 0 Å². The molecule has 0 unspecified atom stereocenters. The Hall–Kier alpha value is -0.950. The molecule has 1 amide bonds. The standard InChI is InChI=1S/C11H12Br2N4O/c1-11(6-12,7-13)16-10(18)8-4-15-17-3-2-14-5-9(8)17/h2-5H,6-7H2,1H3,(H,16,18). The lowest BCUT2D eigenvalue weighted by Gasteiger charge is -2.26. The smallest absolute Gasteiger partial charge is 0.255 e. The van der Waals surface area contributed by atoms with Gasteiger partial charge in [0.25, 0.3) is 5.91 Å². The summed E-state index contributed by atoms with van der Waals surface area (Å²) >= 11 is 6.79. The minimum atomic E-state index is -0.340. The third-order valence-corrected chi connectivity index (χ3v) is 5.05. The number of hydrogen-bond acceptors (Lipinski definition) is 3. The lowest BCUT2D eigenvalue weighted by atomic mass is 10.1. The molecule has 1 N–H and O–H groups in total. The highest BCUT2D eigenvalue weighted by molar-refractivity contribution is 9.09. The van der Waals surface area contributed by atoms with Crippen LogP contribution in [0.5, 0.6) is 0 Å². The molecule has 0 saturated carbocycles. The lowest BCUT2D eigenvalue weighted by Crippen LogP contribution is -2.48. The predicted octanol–water partition coefficient (Wildman–Crippen LogP) is 2.01. The molecule has 0 bridgehead atoms. The van der Waals surface area contributed by atoms with Crippen molar-refractivity contribution in [3.63, 3.8) is 0 Å². The molecule has 0 aliphatic heterocycles. The molecule has 2 aromatic heterocycles. The van der Waals surface area contributed by atoms with Crippen LogP contribution >= 0.6 is 31.9 Å². The number of amides is 1. The summed E-state index contributed by atoms with van der Waals surface area (Å²) in [6.07, 6.45) is 6.51. The molecule has 0 saturated heterocycles. The van der Waals surface area contributed by atoms with Crippen LogP contribution in [0.25, 0.3) is 5.52 Å². The average Bonchev–Trinajstić information content (AvgIpc) is 2.82. The van der Waals surface area contributed by atoms with Crippen LogP contribution in [0.2, 0.25) is 0 Å². The summed E-state index contributed by atoms with van der Waals surface area (Å²) in [6.45, 7) is 1.96. The van der Waals surface area contributed by atoms with E-state index in [1.165, 1.54) is 0 Å². The number of hydrogen-bond donors (Lipinski definition) is 1. The fraction of sp³-hybridized carbons (Fsp3) is 0.364. The van der Waals surface area contributed by atoms with E-state index in [1.807, 2.05) is 6.92 Å². The van der Waals surface area contributed by atoms with Gasteiger partial charge in [0.15, 0.2) is 0 Å². The third-order valence-electron chi connectivity index (χ3n) is 2.57. The SMILES string of the molecule is CC(CBr)(CBr)NC(=O)c1cnn2ccncc12. The van der Waals surface area contributed by atoms with Crippen molar-refractivity contribution in [3.05, 3.63) is 30.4 Å². The maximum atomic E-state index is 12.2. The number of rotatable bonds is 4. The first-order valence-corrected chi connectivity index (χ1v) is 7.56. The first-order valence-electron chi connectivity index (χ1n) is 5.31. The Morgan fingerprint density at radius 3 is 2.83 bits per heavy atom. The van der Waals surface area contributed by atoms with Crippen LogP contribution in [0.1, 0.15) is 17.3 Å². The van der Waals surface area contributed by atoms with E-state index in [1.54, 1.807) is 29.3 Å². The predicted molar refractivity (Wildman–Crippen MR) is 76.4 cm³/mol. The second-order valence-electron chi connectivity index (χ2n) is 4.25. The lowest BCUT2D eigenvalue weighted by molar-refractivity contribution is 0.0924. The molecular formula is C11H12Br2N4O. The van der Waals surface area contributed by atoms with Crippen molar-refractivity contribution in [1.82, 2.24) is 19.9 Å². The number of fused-ring (bicyclic) bond motifs is 1. The van der Waals surface area contributed by atoms with E-state index in [-0.39, 0.29) is 11.4 Å². The van der Waals surface area contributed by atoms with Crippen molar-refractivity contribution in [2.45, 2.75) is 12.5 Å². The van der Waals surface area contributed by atoms with Gasteiger partial charge in [0.2, 0.25) is 0 Å². The molecule has 96 valence electrons. The van der Waals surface area contributed by atoms with E-state index in [2.05, 4.69) is 47.3 Å². The minimum absolute atomic E-state index is 0.153. The minimum Gasteiger partial charge on any atom is -0.345 e. The third kappa shape index (κ3) is 2.56. The Balaban J connectivity index is 2.29. The number of halogens is 2. The van der Waals surface area contributed by atoms with Gasteiger partial charge in [0.05, 0.1) is 29.0 Å². The number of alkyl halides is 2. The summed E-state index contributed by atoms with van der Waals surface area (Å²) in [5.41, 5.74) is 0.880. The molecule has 0 atom stereocenters. The summed E-state index contributed by atoms with van der Waals surface area (Å²) in [6, 6.07) is 0. The zero-order valence-electron chi connectivity index (χ0n) is 9.73. The van der Waals surface area contributed by atoms with Crippen LogP contribution in [0.15, 0.2) is 24.8 Å². The van der Waals surface area contributed by atoms with E-state index in [0.717, 1.165) is 0 Å². The van der Waals surface area contributed by atoms with Crippen molar-refractivity contribution in [1.29, 1.82) is 0 Å². The van der Waals surface area contributed by atoms with Crippen molar-refractivity contribution >= 4 is 43.3 Å². The quantitative estimate of drug-likeness (QED) is 0.831. The van der Waals surface area contributed by atoms with E-state index in [4.69, 9.17) is 0 Å². The summed E-state index contributed by atoms with van der Waals surface area (Å²) < 4.78 is 1.63. The first-order chi connectivity index (χ1) is 8.59. The highest BCUT2D eigenvalue weighted by atomic mass is 79.9. The van der Waals surface area contributed by atoms with Gasteiger partial charge < -0.3 is 5.32 Å². The van der Waals surface area contributed by atoms with Crippen molar-refractivity contribution in [3.8, 4) is 0 Å². The molecule has 0 spiro atoms. The summed E-state index contributed by atoms with van der Waals surface area (Å²) in [7, 11) is 0. The Bertz CT molecular complexity index is 565. The highest BCUT2D eigenvalue weighted by Crippen LogP contribution is 2.14. The maximum absolute atomic E-state index is 12.2. The molecule has 7 heteroatoms. The topological polar surface area (TPSA) is 59.3 Å². The van der Waals surface area contributed by atoms with Gasteiger partial charge >= 0.3 is 0 Å². The largest absolute Gasteiger partial charge is 0.345 e. The second-order valence-corrected chi connectivity index (χ2v) is 5.37. The molecule has 0 aliphatic carbocycles. The first kappa shape index (κ1) is 13.5. The van der Waals surface area contributed by atoms with Gasteiger partial charge in [-0.15, -0.1) is 0 Å². The van der Waals surface area contributed by atoms with Crippen LogP contribution < -0.4 is 5.32 Å². The second kappa shape index (κ2) is 5.36. The zero-order valence-corrected chi connectivity index (χ0v) is 12.9. The Labute approximate surface area is 121 Å². The average molecular weight is 376 g/mol. The monoisotopic (exact) mass is 374 g/mol. The molecule has 0 aliphatic rings. The number of nitrogens with zero attached hydrogens (tertiary/aromatic N) is 3. The number of carbonyl (C=O) groups is 1. The summed E-state index contributed by atoms with van der Waals surface area (Å²) in [5, 5.41) is 8.41. The van der Waals surface area contributed by atoms with Crippen molar-refractivity contribution < 1.29 is 4.79 Å². The van der Waals surface area contributed by atoms with Crippen LogP contribution in [0.3, 0.4) is 0 Å². The van der Waals surface area contributed by atoms with E-state index >= 15 is 0 Å². The van der Waals surface area contributed by atoms with Crippen LogP contribution in [-0.4, -0.2) is 36.7 Å². The molecule has 2 aromatic rings. The molecule has 0 radical (unpaired) electrons. The van der Waals surface area contributed by atoms with Crippen LogP contribution in [-0.2, 0) is 0 Å². The Morgan fingerprint density at radius 1 is 1.44 bits per heavy atom. The van der Waals surface area contributed by atoms with Gasteiger partial charge in [0, 0.05) is 23.1 Å². The molecule has 18 heavy (non-hydrogen) atoms. The highest BCUT2D eigenvalue weighted by Gasteiger charge is 2.25. The summed E-state index contributed by atoms with van der Waals surface area (Å²) in [4.78, 5) is 16.2. The van der Waals surface area contributed by atoms with Crippen LogP contribution in [0, 0.1) is 0 Å². The van der Waals surface area contributed by atoms with E-state index in [9.17, 15) is 4.79 Å². The normalized spacial score (nSPS) is 11.7. The van der Waals surface area contributed by atoms with Gasteiger partial charge in [0.1, 0.15) is 0 Å². The Morgan fingerprint density at radius 2 is 2.17 bits per heavy atom. The van der Waals surface area contributed by atoms with Crippen LogP contribution in [0.4, 0.5) is 0 Å².